The second-order valence-electron chi connectivity index (χ2n) is 8.02. The molecule has 10 heteroatoms. The molecule has 2 aromatic rings. The highest BCUT2D eigenvalue weighted by Crippen LogP contribution is 2.33. The second kappa shape index (κ2) is 9.19. The highest BCUT2D eigenvalue weighted by Gasteiger charge is 2.26. The Morgan fingerprint density at radius 3 is 2.52 bits per heavy atom. The number of ether oxygens (including phenoxy) is 3. The molecule has 3 rings (SSSR count). The van der Waals surface area contributed by atoms with Crippen molar-refractivity contribution in [2.75, 3.05) is 6.79 Å². The first-order valence-corrected chi connectivity index (χ1v) is 9.55. The van der Waals surface area contributed by atoms with Gasteiger partial charge < -0.3 is 14.2 Å². The van der Waals surface area contributed by atoms with E-state index in [9.17, 15) is 14.9 Å². The fourth-order valence-electron chi connectivity index (χ4n) is 3.05. The summed E-state index contributed by atoms with van der Waals surface area (Å²) < 4.78 is 16.2. The minimum absolute atomic E-state index is 0.0556. The number of benzene rings is 2. The molecule has 1 aliphatic rings. The summed E-state index contributed by atoms with van der Waals surface area (Å²) >= 11 is 0. The van der Waals surface area contributed by atoms with Gasteiger partial charge in [-0.3, -0.25) is 20.3 Å². The van der Waals surface area contributed by atoms with Crippen LogP contribution < -0.4 is 9.47 Å². The number of hydrogen-bond donors (Lipinski definition) is 1. The number of nitrogens with zero attached hydrogens (tertiary/aromatic N) is 2. The van der Waals surface area contributed by atoms with Crippen LogP contribution in [0.2, 0.25) is 0 Å². The third kappa shape index (κ3) is 5.83. The molecule has 1 amide bonds. The van der Waals surface area contributed by atoms with Crippen LogP contribution in [0.15, 0.2) is 36.4 Å². The van der Waals surface area contributed by atoms with Gasteiger partial charge in [0, 0.05) is 18.2 Å². The van der Waals surface area contributed by atoms with Gasteiger partial charge in [-0.1, -0.05) is 12.1 Å². The number of rotatable bonds is 7. The van der Waals surface area contributed by atoms with Gasteiger partial charge in [0.05, 0.1) is 11.5 Å². The molecule has 0 aliphatic carbocycles. The number of hydrogen-bond acceptors (Lipinski definition) is 8. The van der Waals surface area contributed by atoms with E-state index in [0.29, 0.717) is 22.6 Å². The summed E-state index contributed by atoms with van der Waals surface area (Å²) in [5.41, 5.74) is 0.575. The number of fused-ring (bicyclic) bond motifs is 1. The van der Waals surface area contributed by atoms with Gasteiger partial charge >= 0.3 is 6.09 Å². The van der Waals surface area contributed by atoms with Crippen molar-refractivity contribution in [2.24, 2.45) is 0 Å². The number of nitro groups is 1. The van der Waals surface area contributed by atoms with Gasteiger partial charge in [-0.25, -0.2) is 9.68 Å². The molecule has 31 heavy (non-hydrogen) atoms. The lowest BCUT2D eigenvalue weighted by Gasteiger charge is -2.27. The smallest absolute Gasteiger partial charge is 0.410 e. The molecule has 2 aromatic carbocycles. The summed E-state index contributed by atoms with van der Waals surface area (Å²) in [5.74, 6) is 1.19. The lowest BCUT2D eigenvalue weighted by molar-refractivity contribution is -0.385. The largest absolute Gasteiger partial charge is 0.454 e. The van der Waals surface area contributed by atoms with Crippen LogP contribution in [0.25, 0.3) is 0 Å². The van der Waals surface area contributed by atoms with E-state index in [1.807, 2.05) is 0 Å². The predicted molar refractivity (Wildman–Crippen MR) is 109 cm³/mol. The fourth-order valence-corrected chi connectivity index (χ4v) is 3.05. The van der Waals surface area contributed by atoms with E-state index in [4.69, 9.17) is 19.5 Å². The highest BCUT2D eigenvalue weighted by molar-refractivity contribution is 5.68. The molecular formula is C21H24N2O8. The summed E-state index contributed by atoms with van der Waals surface area (Å²) in [7, 11) is 0. The van der Waals surface area contributed by atoms with Crippen LogP contribution in [-0.4, -0.2) is 33.6 Å². The zero-order chi connectivity index (χ0) is 22.6. The topological polar surface area (TPSA) is 121 Å². The Morgan fingerprint density at radius 2 is 1.84 bits per heavy atom. The highest BCUT2D eigenvalue weighted by atomic mass is 17.1. The molecule has 166 valence electrons. The van der Waals surface area contributed by atoms with Gasteiger partial charge in [0.1, 0.15) is 12.2 Å². The van der Waals surface area contributed by atoms with Crippen LogP contribution in [0.1, 0.15) is 37.5 Å². The molecule has 0 saturated carbocycles. The van der Waals surface area contributed by atoms with Crippen LogP contribution in [0, 0.1) is 10.1 Å². The molecule has 0 aromatic heterocycles. The maximum absolute atomic E-state index is 12.9. The van der Waals surface area contributed by atoms with E-state index in [1.165, 1.54) is 17.0 Å². The molecule has 10 nitrogen and oxygen atoms in total. The molecule has 0 bridgehead atoms. The third-order valence-corrected chi connectivity index (χ3v) is 4.40. The lowest BCUT2D eigenvalue weighted by atomic mass is 10.1. The minimum Gasteiger partial charge on any atom is -0.454 e. The van der Waals surface area contributed by atoms with Crippen molar-refractivity contribution in [1.29, 1.82) is 0 Å². The van der Waals surface area contributed by atoms with Gasteiger partial charge in [-0.15, -0.1) is 0 Å². The molecule has 0 unspecified atom stereocenters. The summed E-state index contributed by atoms with van der Waals surface area (Å²) in [6.07, 6.45) is -0.609. The van der Waals surface area contributed by atoms with Crippen LogP contribution in [0.4, 0.5) is 10.5 Å². The quantitative estimate of drug-likeness (QED) is 0.392. The Morgan fingerprint density at radius 1 is 1.13 bits per heavy atom. The predicted octanol–water partition coefficient (Wildman–Crippen LogP) is 4.25. The first kappa shape index (κ1) is 22.3. The molecule has 1 N–H and O–H groups in total. The SMILES string of the molecule is CC(C)(C)OC(=O)N(Cc1ccc2c(c1)OCO2)Cc1ccc(COO)cc1[N+](=O)[O-]. The number of nitro benzene ring substituents is 1. The normalized spacial score (nSPS) is 12.5. The van der Waals surface area contributed by atoms with Crippen molar-refractivity contribution in [3.05, 3.63) is 63.2 Å². The van der Waals surface area contributed by atoms with Crippen LogP contribution in [-0.2, 0) is 29.3 Å². The summed E-state index contributed by atoms with van der Waals surface area (Å²) in [6, 6.07) is 9.73. The molecule has 0 saturated heterocycles. The average Bonchev–Trinajstić information content (AvgIpc) is 3.15. The van der Waals surface area contributed by atoms with Crippen molar-refractivity contribution >= 4 is 11.8 Å². The van der Waals surface area contributed by atoms with E-state index in [-0.39, 0.29) is 32.2 Å². The number of carbonyl (C=O) groups excluding carboxylic acids is 1. The Hall–Kier alpha value is -3.37. The molecule has 1 heterocycles. The van der Waals surface area contributed by atoms with Crippen LogP contribution in [0.3, 0.4) is 0 Å². The Bertz CT molecular complexity index is 970. The molecule has 0 atom stereocenters. The van der Waals surface area contributed by atoms with E-state index in [1.54, 1.807) is 45.0 Å². The zero-order valence-electron chi connectivity index (χ0n) is 17.5. The van der Waals surface area contributed by atoms with Gasteiger partial charge in [0.25, 0.3) is 5.69 Å². The monoisotopic (exact) mass is 432 g/mol. The van der Waals surface area contributed by atoms with Gasteiger partial charge in [0.2, 0.25) is 6.79 Å². The first-order chi connectivity index (χ1) is 14.7. The fraction of sp³-hybridized carbons (Fsp3) is 0.381. The van der Waals surface area contributed by atoms with Gasteiger partial charge in [-0.2, -0.15) is 0 Å². The number of carbonyl (C=O) groups is 1. The van der Waals surface area contributed by atoms with Crippen molar-refractivity contribution in [3.8, 4) is 11.5 Å². The number of amides is 1. The lowest BCUT2D eigenvalue weighted by Crippen LogP contribution is -2.36. The van der Waals surface area contributed by atoms with E-state index >= 15 is 0 Å². The van der Waals surface area contributed by atoms with Crippen molar-refractivity contribution in [3.63, 3.8) is 0 Å². The third-order valence-electron chi connectivity index (χ3n) is 4.40. The Balaban J connectivity index is 1.89. The van der Waals surface area contributed by atoms with Crippen molar-refractivity contribution in [1.82, 2.24) is 4.90 Å². The second-order valence-corrected chi connectivity index (χ2v) is 8.02. The first-order valence-electron chi connectivity index (χ1n) is 9.55. The zero-order valence-corrected chi connectivity index (χ0v) is 17.5. The Kier molecular flexibility index (Phi) is 6.62. The summed E-state index contributed by atoms with van der Waals surface area (Å²) in [5, 5.41) is 20.2. The maximum Gasteiger partial charge on any atom is 0.410 e. The molecule has 0 spiro atoms. The Labute approximate surface area is 179 Å². The van der Waals surface area contributed by atoms with E-state index in [2.05, 4.69) is 4.89 Å². The average molecular weight is 432 g/mol. The molecule has 0 radical (unpaired) electrons. The standard InChI is InChI=1S/C21H24N2O8/c1-21(2,3)31-20(24)22(10-14-5-7-18-19(9-14)29-13-28-18)11-16-6-4-15(12-30-27)8-17(16)23(25)26/h4-9,27H,10-13H2,1-3H3. The molecule has 1 aliphatic heterocycles. The van der Waals surface area contributed by atoms with E-state index in [0.717, 1.165) is 5.56 Å². The summed E-state index contributed by atoms with van der Waals surface area (Å²) in [6.45, 7) is 5.27. The van der Waals surface area contributed by atoms with Crippen LogP contribution in [0.5, 0.6) is 11.5 Å². The van der Waals surface area contributed by atoms with Crippen molar-refractivity contribution in [2.45, 2.75) is 46.1 Å². The van der Waals surface area contributed by atoms with Crippen LogP contribution >= 0.6 is 0 Å². The van der Waals surface area contributed by atoms with Gasteiger partial charge in [0.15, 0.2) is 11.5 Å². The minimum atomic E-state index is -0.738. The molecular weight excluding hydrogens is 408 g/mol. The maximum atomic E-state index is 12.9. The van der Waals surface area contributed by atoms with Crippen molar-refractivity contribution < 1.29 is 34.1 Å². The summed E-state index contributed by atoms with van der Waals surface area (Å²) in [4.78, 5) is 29.4. The molecule has 0 fully saturated rings. The van der Waals surface area contributed by atoms with E-state index < -0.39 is 16.6 Å². The van der Waals surface area contributed by atoms with Gasteiger partial charge in [-0.05, 0) is 50.1 Å².